The van der Waals surface area contributed by atoms with E-state index in [1.807, 2.05) is 18.9 Å². The van der Waals surface area contributed by atoms with Crippen molar-refractivity contribution in [3.8, 4) is 0 Å². The molecule has 0 radical (unpaired) electrons. The van der Waals surface area contributed by atoms with Gasteiger partial charge in [0.05, 0.1) is 11.5 Å². The van der Waals surface area contributed by atoms with E-state index in [2.05, 4.69) is 5.32 Å². The molecular formula is C12H19N3O3. The van der Waals surface area contributed by atoms with Crippen LogP contribution in [0.5, 0.6) is 0 Å². The van der Waals surface area contributed by atoms with E-state index in [1.165, 1.54) is 0 Å². The highest BCUT2D eigenvalue weighted by molar-refractivity contribution is 5.76. The minimum atomic E-state index is -0.363. The number of hydrogen-bond donors (Lipinski definition) is 1. The molecule has 0 unspecified atom stereocenters. The SMILES string of the molecule is CCOCCN(C)c1cccc(NC)c1[N+](=O)[O-]. The number of rotatable bonds is 7. The molecule has 1 aromatic carbocycles. The lowest BCUT2D eigenvalue weighted by Crippen LogP contribution is -2.23. The average molecular weight is 253 g/mol. The maximum atomic E-state index is 11.1. The van der Waals surface area contributed by atoms with Crippen LogP contribution in [0.15, 0.2) is 18.2 Å². The summed E-state index contributed by atoms with van der Waals surface area (Å²) in [6.45, 7) is 3.73. The molecule has 0 aliphatic rings. The van der Waals surface area contributed by atoms with Crippen LogP contribution < -0.4 is 10.2 Å². The summed E-state index contributed by atoms with van der Waals surface area (Å²) in [7, 11) is 3.49. The van der Waals surface area contributed by atoms with Crippen LogP contribution in [0, 0.1) is 10.1 Å². The van der Waals surface area contributed by atoms with E-state index >= 15 is 0 Å². The Kier molecular flexibility index (Phi) is 5.38. The monoisotopic (exact) mass is 253 g/mol. The highest BCUT2D eigenvalue weighted by Crippen LogP contribution is 2.34. The van der Waals surface area contributed by atoms with Crippen LogP contribution >= 0.6 is 0 Å². The molecule has 1 aromatic rings. The van der Waals surface area contributed by atoms with Crippen molar-refractivity contribution in [1.82, 2.24) is 0 Å². The van der Waals surface area contributed by atoms with Crippen molar-refractivity contribution in [2.45, 2.75) is 6.92 Å². The summed E-state index contributed by atoms with van der Waals surface area (Å²) in [5.41, 5.74) is 1.20. The summed E-state index contributed by atoms with van der Waals surface area (Å²) >= 11 is 0. The fourth-order valence-electron chi connectivity index (χ4n) is 1.70. The van der Waals surface area contributed by atoms with Gasteiger partial charge in [-0.25, -0.2) is 0 Å². The fourth-order valence-corrected chi connectivity index (χ4v) is 1.70. The number of nitro benzene ring substituents is 1. The standard InChI is InChI=1S/C12H19N3O3/c1-4-18-9-8-14(3)11-7-5-6-10(13-2)12(11)15(16)17/h5-7,13H,4,8-9H2,1-3H3. The predicted octanol–water partition coefficient (Wildman–Crippen LogP) is 2.11. The first-order valence-electron chi connectivity index (χ1n) is 5.85. The van der Waals surface area contributed by atoms with Gasteiger partial charge in [0.25, 0.3) is 0 Å². The number of benzene rings is 1. The van der Waals surface area contributed by atoms with Gasteiger partial charge in [0.15, 0.2) is 0 Å². The van der Waals surface area contributed by atoms with Crippen molar-refractivity contribution >= 4 is 17.1 Å². The van der Waals surface area contributed by atoms with Crippen molar-refractivity contribution in [2.24, 2.45) is 0 Å². The Hall–Kier alpha value is -1.82. The van der Waals surface area contributed by atoms with Crippen LogP contribution in [0.2, 0.25) is 0 Å². The zero-order chi connectivity index (χ0) is 13.5. The number of likely N-dealkylation sites (N-methyl/N-ethyl adjacent to an activating group) is 1. The molecule has 18 heavy (non-hydrogen) atoms. The van der Waals surface area contributed by atoms with Gasteiger partial charge in [0.2, 0.25) is 0 Å². The molecule has 0 fully saturated rings. The largest absolute Gasteiger partial charge is 0.382 e. The molecule has 1 rings (SSSR count). The summed E-state index contributed by atoms with van der Waals surface area (Å²) in [5, 5.41) is 14.0. The third-order valence-electron chi connectivity index (χ3n) is 2.65. The number of anilines is 2. The first-order chi connectivity index (χ1) is 8.61. The van der Waals surface area contributed by atoms with Crippen LogP contribution in [-0.2, 0) is 4.74 Å². The van der Waals surface area contributed by atoms with Gasteiger partial charge in [-0.05, 0) is 19.1 Å². The Morgan fingerprint density at radius 3 is 2.78 bits per heavy atom. The molecule has 0 aromatic heterocycles. The first kappa shape index (κ1) is 14.2. The van der Waals surface area contributed by atoms with Crippen LogP contribution in [0.3, 0.4) is 0 Å². The summed E-state index contributed by atoms with van der Waals surface area (Å²) < 4.78 is 5.26. The maximum absolute atomic E-state index is 11.1. The molecule has 0 atom stereocenters. The minimum absolute atomic E-state index is 0.0963. The van der Waals surface area contributed by atoms with Crippen molar-refractivity contribution in [3.63, 3.8) is 0 Å². The molecule has 0 bridgehead atoms. The van der Waals surface area contributed by atoms with Gasteiger partial charge < -0.3 is 15.0 Å². The Morgan fingerprint density at radius 1 is 1.50 bits per heavy atom. The lowest BCUT2D eigenvalue weighted by Gasteiger charge is -2.19. The van der Waals surface area contributed by atoms with Crippen molar-refractivity contribution in [1.29, 1.82) is 0 Å². The second kappa shape index (κ2) is 6.80. The Morgan fingerprint density at radius 2 is 2.22 bits per heavy atom. The Balaban J connectivity index is 2.96. The lowest BCUT2D eigenvalue weighted by atomic mass is 10.2. The molecule has 0 saturated heterocycles. The molecule has 100 valence electrons. The molecule has 0 heterocycles. The summed E-state index contributed by atoms with van der Waals surface area (Å²) in [6.07, 6.45) is 0. The lowest BCUT2D eigenvalue weighted by molar-refractivity contribution is -0.383. The van der Waals surface area contributed by atoms with E-state index in [0.717, 1.165) is 0 Å². The Bertz CT molecular complexity index is 410. The molecule has 0 amide bonds. The zero-order valence-electron chi connectivity index (χ0n) is 11.0. The average Bonchev–Trinajstić information content (AvgIpc) is 2.37. The van der Waals surface area contributed by atoms with Gasteiger partial charge in [-0.1, -0.05) is 6.07 Å². The molecule has 0 aliphatic carbocycles. The summed E-state index contributed by atoms with van der Waals surface area (Å²) in [5.74, 6) is 0. The number of ether oxygens (including phenoxy) is 1. The number of nitro groups is 1. The highest BCUT2D eigenvalue weighted by Gasteiger charge is 2.21. The summed E-state index contributed by atoms with van der Waals surface area (Å²) in [6, 6.07) is 5.23. The van der Waals surface area contributed by atoms with E-state index in [4.69, 9.17) is 4.74 Å². The third kappa shape index (κ3) is 3.33. The number of nitrogens with zero attached hydrogens (tertiary/aromatic N) is 2. The van der Waals surface area contributed by atoms with Gasteiger partial charge >= 0.3 is 5.69 Å². The van der Waals surface area contributed by atoms with E-state index in [0.29, 0.717) is 31.1 Å². The van der Waals surface area contributed by atoms with Gasteiger partial charge in [0.1, 0.15) is 11.4 Å². The number of para-hydroxylation sites is 1. The van der Waals surface area contributed by atoms with Gasteiger partial charge in [0, 0.05) is 27.2 Å². The smallest absolute Gasteiger partial charge is 0.315 e. The number of nitrogens with one attached hydrogen (secondary N) is 1. The third-order valence-corrected chi connectivity index (χ3v) is 2.65. The van der Waals surface area contributed by atoms with E-state index < -0.39 is 0 Å². The topological polar surface area (TPSA) is 67.6 Å². The molecular weight excluding hydrogens is 234 g/mol. The van der Waals surface area contributed by atoms with Gasteiger partial charge in [-0.15, -0.1) is 0 Å². The van der Waals surface area contributed by atoms with Crippen molar-refractivity contribution in [3.05, 3.63) is 28.3 Å². The molecule has 0 saturated carbocycles. The molecule has 0 spiro atoms. The second-order valence-electron chi connectivity index (χ2n) is 3.80. The van der Waals surface area contributed by atoms with E-state index in [9.17, 15) is 10.1 Å². The Labute approximate surface area is 107 Å². The highest BCUT2D eigenvalue weighted by atomic mass is 16.6. The molecule has 1 N–H and O–H groups in total. The minimum Gasteiger partial charge on any atom is -0.382 e. The van der Waals surface area contributed by atoms with Crippen molar-refractivity contribution in [2.75, 3.05) is 44.1 Å². The van der Waals surface area contributed by atoms with Gasteiger partial charge in [-0.3, -0.25) is 10.1 Å². The van der Waals surface area contributed by atoms with E-state index in [1.54, 1.807) is 25.2 Å². The second-order valence-corrected chi connectivity index (χ2v) is 3.80. The quantitative estimate of drug-likeness (QED) is 0.458. The normalized spacial score (nSPS) is 10.2. The zero-order valence-corrected chi connectivity index (χ0v) is 11.0. The van der Waals surface area contributed by atoms with Crippen LogP contribution in [0.1, 0.15) is 6.92 Å². The van der Waals surface area contributed by atoms with Crippen LogP contribution in [-0.4, -0.2) is 38.8 Å². The molecule has 6 heteroatoms. The van der Waals surface area contributed by atoms with E-state index in [-0.39, 0.29) is 10.6 Å². The fraction of sp³-hybridized carbons (Fsp3) is 0.500. The maximum Gasteiger partial charge on any atom is 0.315 e. The van der Waals surface area contributed by atoms with Crippen molar-refractivity contribution < 1.29 is 9.66 Å². The van der Waals surface area contributed by atoms with Crippen LogP contribution in [0.4, 0.5) is 17.1 Å². The molecule has 6 nitrogen and oxygen atoms in total. The van der Waals surface area contributed by atoms with Gasteiger partial charge in [-0.2, -0.15) is 0 Å². The first-order valence-corrected chi connectivity index (χ1v) is 5.85. The predicted molar refractivity (Wildman–Crippen MR) is 72.4 cm³/mol. The summed E-state index contributed by atoms with van der Waals surface area (Å²) in [4.78, 5) is 12.6. The molecule has 0 aliphatic heterocycles. The van der Waals surface area contributed by atoms with Crippen LogP contribution in [0.25, 0.3) is 0 Å². The number of hydrogen-bond acceptors (Lipinski definition) is 5.